The van der Waals surface area contributed by atoms with E-state index < -0.39 is 11.9 Å². The molecule has 1 aromatic rings. The van der Waals surface area contributed by atoms with Crippen molar-refractivity contribution in [1.82, 2.24) is 10.2 Å². The Morgan fingerprint density at radius 1 is 1.35 bits per heavy atom. The molecular weight excluding hydrogens is 258 g/mol. The highest BCUT2D eigenvalue weighted by molar-refractivity contribution is 5.98. The summed E-state index contributed by atoms with van der Waals surface area (Å²) in [7, 11) is 0. The van der Waals surface area contributed by atoms with Gasteiger partial charge in [-0.25, -0.2) is 0 Å². The van der Waals surface area contributed by atoms with Gasteiger partial charge in [0.2, 0.25) is 5.91 Å². The Labute approximate surface area is 117 Å². The SMILES string of the molecule is CC(NC(=O)c1ccc(N)c(O)c1)C(=O)N1CCCC1. The van der Waals surface area contributed by atoms with Gasteiger partial charge in [0.1, 0.15) is 11.8 Å². The summed E-state index contributed by atoms with van der Waals surface area (Å²) < 4.78 is 0. The van der Waals surface area contributed by atoms with Crippen LogP contribution in [0.3, 0.4) is 0 Å². The van der Waals surface area contributed by atoms with Crippen LogP contribution in [-0.2, 0) is 4.79 Å². The summed E-state index contributed by atoms with van der Waals surface area (Å²) in [5, 5.41) is 12.1. The molecule has 1 aliphatic heterocycles. The van der Waals surface area contributed by atoms with Crippen LogP contribution in [0.15, 0.2) is 18.2 Å². The van der Waals surface area contributed by atoms with Crippen molar-refractivity contribution in [2.45, 2.75) is 25.8 Å². The number of carbonyl (C=O) groups is 2. The Hall–Kier alpha value is -2.24. The number of phenols is 1. The quantitative estimate of drug-likeness (QED) is 0.560. The fourth-order valence-electron chi connectivity index (χ4n) is 2.24. The Morgan fingerprint density at radius 3 is 2.60 bits per heavy atom. The Morgan fingerprint density at radius 2 is 2.00 bits per heavy atom. The number of aromatic hydroxyl groups is 1. The van der Waals surface area contributed by atoms with E-state index in [9.17, 15) is 14.7 Å². The molecule has 0 radical (unpaired) electrons. The molecule has 1 unspecified atom stereocenters. The molecule has 4 N–H and O–H groups in total. The van der Waals surface area contributed by atoms with E-state index in [-0.39, 0.29) is 22.9 Å². The van der Waals surface area contributed by atoms with E-state index in [0.29, 0.717) is 0 Å². The van der Waals surface area contributed by atoms with Crippen molar-refractivity contribution in [3.05, 3.63) is 23.8 Å². The van der Waals surface area contributed by atoms with Crippen LogP contribution < -0.4 is 11.1 Å². The Kier molecular flexibility index (Phi) is 4.12. The van der Waals surface area contributed by atoms with Crippen LogP contribution >= 0.6 is 0 Å². The van der Waals surface area contributed by atoms with Gasteiger partial charge in [0, 0.05) is 18.7 Å². The van der Waals surface area contributed by atoms with Crippen LogP contribution in [0.5, 0.6) is 5.75 Å². The highest BCUT2D eigenvalue weighted by atomic mass is 16.3. The van der Waals surface area contributed by atoms with Crippen molar-refractivity contribution in [3.8, 4) is 5.75 Å². The molecule has 1 atom stereocenters. The van der Waals surface area contributed by atoms with Crippen LogP contribution in [0.25, 0.3) is 0 Å². The van der Waals surface area contributed by atoms with E-state index >= 15 is 0 Å². The average Bonchev–Trinajstić information content (AvgIpc) is 2.94. The van der Waals surface area contributed by atoms with Crippen molar-refractivity contribution in [2.75, 3.05) is 18.8 Å². The van der Waals surface area contributed by atoms with Gasteiger partial charge in [0.25, 0.3) is 5.91 Å². The van der Waals surface area contributed by atoms with Gasteiger partial charge in [-0.1, -0.05) is 0 Å². The highest BCUT2D eigenvalue weighted by Crippen LogP contribution is 2.20. The Bertz CT molecular complexity index is 524. The molecule has 6 heteroatoms. The maximum absolute atomic E-state index is 12.1. The molecule has 0 aliphatic carbocycles. The highest BCUT2D eigenvalue weighted by Gasteiger charge is 2.24. The molecule has 0 saturated carbocycles. The number of nitrogens with two attached hydrogens (primary N) is 1. The zero-order valence-electron chi connectivity index (χ0n) is 11.4. The topological polar surface area (TPSA) is 95.7 Å². The minimum Gasteiger partial charge on any atom is -0.506 e. The number of nitrogens with zero attached hydrogens (tertiary/aromatic N) is 1. The van der Waals surface area contributed by atoms with Gasteiger partial charge in [0.15, 0.2) is 0 Å². The first-order valence-electron chi connectivity index (χ1n) is 6.67. The summed E-state index contributed by atoms with van der Waals surface area (Å²) in [6.45, 7) is 3.17. The van der Waals surface area contributed by atoms with Crippen LogP contribution in [0.2, 0.25) is 0 Å². The zero-order chi connectivity index (χ0) is 14.7. The van der Waals surface area contributed by atoms with Gasteiger partial charge in [-0.05, 0) is 38.0 Å². The van der Waals surface area contributed by atoms with Gasteiger partial charge >= 0.3 is 0 Å². The maximum atomic E-state index is 12.1. The molecule has 2 rings (SSSR count). The molecule has 2 amide bonds. The van der Waals surface area contributed by atoms with Crippen LogP contribution in [-0.4, -0.2) is 41.0 Å². The van der Waals surface area contributed by atoms with Crippen molar-refractivity contribution >= 4 is 17.5 Å². The first-order valence-corrected chi connectivity index (χ1v) is 6.67. The molecule has 1 heterocycles. The van der Waals surface area contributed by atoms with E-state index in [1.165, 1.54) is 18.2 Å². The van der Waals surface area contributed by atoms with Crippen molar-refractivity contribution in [3.63, 3.8) is 0 Å². The lowest BCUT2D eigenvalue weighted by Crippen LogP contribution is -2.45. The summed E-state index contributed by atoms with van der Waals surface area (Å²) in [5.74, 6) is -0.618. The third-order valence-electron chi connectivity index (χ3n) is 3.43. The number of anilines is 1. The predicted octanol–water partition coefficient (Wildman–Crippen LogP) is 0.715. The summed E-state index contributed by atoms with van der Waals surface area (Å²) in [5.41, 5.74) is 5.97. The number of nitrogens with one attached hydrogen (secondary N) is 1. The lowest BCUT2D eigenvalue weighted by molar-refractivity contribution is -0.131. The van der Waals surface area contributed by atoms with Crippen molar-refractivity contribution in [2.24, 2.45) is 0 Å². The van der Waals surface area contributed by atoms with E-state index in [1.807, 2.05) is 0 Å². The summed E-state index contributed by atoms with van der Waals surface area (Å²) in [4.78, 5) is 25.8. The smallest absolute Gasteiger partial charge is 0.252 e. The van der Waals surface area contributed by atoms with E-state index in [2.05, 4.69) is 5.32 Å². The number of carbonyl (C=O) groups excluding carboxylic acids is 2. The third kappa shape index (κ3) is 3.01. The molecule has 20 heavy (non-hydrogen) atoms. The summed E-state index contributed by atoms with van der Waals surface area (Å²) >= 11 is 0. The molecule has 1 aromatic carbocycles. The summed E-state index contributed by atoms with van der Waals surface area (Å²) in [6.07, 6.45) is 2.02. The largest absolute Gasteiger partial charge is 0.506 e. The predicted molar refractivity (Wildman–Crippen MR) is 75.3 cm³/mol. The van der Waals surface area contributed by atoms with Gasteiger partial charge in [-0.2, -0.15) is 0 Å². The lowest BCUT2D eigenvalue weighted by Gasteiger charge is -2.21. The van der Waals surface area contributed by atoms with E-state index in [0.717, 1.165) is 25.9 Å². The van der Waals surface area contributed by atoms with Gasteiger partial charge < -0.3 is 21.1 Å². The number of hydrogen-bond donors (Lipinski definition) is 3. The molecular formula is C14H19N3O3. The second kappa shape index (κ2) is 5.81. The molecule has 1 fully saturated rings. The first kappa shape index (κ1) is 14.2. The standard InChI is InChI=1S/C14H19N3O3/c1-9(14(20)17-6-2-3-7-17)16-13(19)10-4-5-11(15)12(18)8-10/h4-5,8-9,18H,2-3,6-7,15H2,1H3,(H,16,19). The molecule has 0 aromatic heterocycles. The fourth-order valence-corrected chi connectivity index (χ4v) is 2.24. The molecule has 1 aliphatic rings. The monoisotopic (exact) mass is 277 g/mol. The second-order valence-electron chi connectivity index (χ2n) is 5.00. The number of nitrogen functional groups attached to an aromatic ring is 1. The number of benzene rings is 1. The third-order valence-corrected chi connectivity index (χ3v) is 3.43. The molecule has 108 valence electrons. The van der Waals surface area contributed by atoms with Gasteiger partial charge in [0.05, 0.1) is 5.69 Å². The fraction of sp³-hybridized carbons (Fsp3) is 0.429. The van der Waals surface area contributed by atoms with E-state index in [1.54, 1.807) is 11.8 Å². The number of hydrogen-bond acceptors (Lipinski definition) is 4. The normalized spacial score (nSPS) is 15.9. The first-order chi connectivity index (χ1) is 9.49. The van der Waals surface area contributed by atoms with Crippen LogP contribution in [0.4, 0.5) is 5.69 Å². The minimum atomic E-state index is -0.583. The van der Waals surface area contributed by atoms with Crippen molar-refractivity contribution in [1.29, 1.82) is 0 Å². The van der Waals surface area contributed by atoms with E-state index in [4.69, 9.17) is 5.73 Å². The molecule has 0 bridgehead atoms. The second-order valence-corrected chi connectivity index (χ2v) is 5.00. The number of phenolic OH excluding ortho intramolecular Hbond substituents is 1. The number of rotatable bonds is 3. The Balaban J connectivity index is 1.99. The molecule has 6 nitrogen and oxygen atoms in total. The van der Waals surface area contributed by atoms with Gasteiger partial charge in [-0.15, -0.1) is 0 Å². The van der Waals surface area contributed by atoms with Crippen LogP contribution in [0, 0.1) is 0 Å². The van der Waals surface area contributed by atoms with Crippen molar-refractivity contribution < 1.29 is 14.7 Å². The molecule has 1 saturated heterocycles. The van der Waals surface area contributed by atoms with Gasteiger partial charge in [-0.3, -0.25) is 9.59 Å². The van der Waals surface area contributed by atoms with Crippen LogP contribution in [0.1, 0.15) is 30.1 Å². The summed E-state index contributed by atoms with van der Waals surface area (Å²) in [6, 6.07) is 3.67. The zero-order valence-corrected chi connectivity index (χ0v) is 11.4. The lowest BCUT2D eigenvalue weighted by atomic mass is 10.1. The number of likely N-dealkylation sites (tertiary alicyclic amines) is 1. The maximum Gasteiger partial charge on any atom is 0.252 e. The molecule has 0 spiro atoms. The minimum absolute atomic E-state index is 0.0736. The average molecular weight is 277 g/mol. The number of amides is 2.